The van der Waals surface area contributed by atoms with Crippen molar-refractivity contribution < 1.29 is 39.3 Å². The van der Waals surface area contributed by atoms with Crippen molar-refractivity contribution in [2.45, 2.75) is 44.9 Å². The van der Waals surface area contributed by atoms with Gasteiger partial charge < -0.3 is 31.3 Å². The number of likely N-dealkylation sites (N-methyl/N-ethyl adjacent to an activating group) is 1. The first-order chi connectivity index (χ1) is 12.5. The molecule has 0 spiro atoms. The number of hydrogen-bond acceptors (Lipinski definition) is 6. The molecule has 0 unspecified atom stereocenters. The highest BCUT2D eigenvalue weighted by Crippen LogP contribution is 2.08. The van der Waals surface area contributed by atoms with Crippen LogP contribution in [0.2, 0.25) is 0 Å². The summed E-state index contributed by atoms with van der Waals surface area (Å²) in [5.41, 5.74) is 0. The summed E-state index contributed by atoms with van der Waals surface area (Å²) in [7, 11) is 2.66. The Kier molecular flexibility index (Phi) is 10.8. The van der Waals surface area contributed by atoms with Crippen molar-refractivity contribution in [3.05, 3.63) is 0 Å². The number of carbonyl (C=O) groups is 4. The van der Waals surface area contributed by atoms with Crippen molar-refractivity contribution in [3.63, 3.8) is 0 Å². The molecule has 27 heavy (non-hydrogen) atoms. The van der Waals surface area contributed by atoms with Crippen LogP contribution < -0.4 is 16.0 Å². The van der Waals surface area contributed by atoms with Gasteiger partial charge in [-0.15, -0.1) is 0 Å². The van der Waals surface area contributed by atoms with Crippen LogP contribution >= 0.6 is 0 Å². The van der Waals surface area contributed by atoms with E-state index in [1.807, 2.05) is 5.32 Å². The van der Waals surface area contributed by atoms with Gasteiger partial charge >= 0.3 is 12.2 Å². The maximum atomic E-state index is 12.5. The number of aliphatic hydroxyl groups is 1. The number of nitrogens with zero attached hydrogens (tertiary/aromatic N) is 1. The summed E-state index contributed by atoms with van der Waals surface area (Å²) in [5, 5.41) is 34.8. The lowest BCUT2D eigenvalue weighted by atomic mass is 10.0. The van der Waals surface area contributed by atoms with Crippen LogP contribution in [0.1, 0.15) is 26.7 Å². The van der Waals surface area contributed by atoms with Gasteiger partial charge in [-0.05, 0) is 12.3 Å². The normalized spacial score (nSPS) is 14.0. The van der Waals surface area contributed by atoms with E-state index in [2.05, 4.69) is 10.6 Å². The monoisotopic (exact) mass is 392 g/mol. The SMILES string of the molecule is CON(C)C(=O)[C@@H](NC(=O)[C@H](C[C@@H](O)CCNC(=O)O)NC(=O)O)C(C)C. The molecule has 0 aromatic carbocycles. The minimum absolute atomic E-state index is 0.0175. The number of carboxylic acid groups (broad SMARTS) is 2. The second kappa shape index (κ2) is 11.9. The maximum Gasteiger partial charge on any atom is 0.405 e. The van der Waals surface area contributed by atoms with Gasteiger partial charge in [-0.1, -0.05) is 13.8 Å². The van der Waals surface area contributed by atoms with Gasteiger partial charge in [0.15, 0.2) is 0 Å². The van der Waals surface area contributed by atoms with Crippen LogP contribution in [-0.4, -0.2) is 83.3 Å². The molecule has 3 atom stereocenters. The molecule has 0 aromatic rings. The van der Waals surface area contributed by atoms with Crippen molar-refractivity contribution in [1.82, 2.24) is 21.0 Å². The van der Waals surface area contributed by atoms with Crippen LogP contribution in [0.4, 0.5) is 9.59 Å². The minimum atomic E-state index is -1.48. The molecular formula is C15H28N4O8. The molecule has 0 fully saturated rings. The van der Waals surface area contributed by atoms with E-state index in [-0.39, 0.29) is 25.3 Å². The molecule has 0 saturated heterocycles. The Balaban J connectivity index is 5.04. The van der Waals surface area contributed by atoms with Crippen molar-refractivity contribution in [2.24, 2.45) is 5.92 Å². The van der Waals surface area contributed by atoms with Gasteiger partial charge in [-0.25, -0.2) is 14.7 Å². The standard InChI is InChI=1S/C15H28N4O8/c1-8(2)11(13(22)19(3)27-4)18-12(21)10(17-15(25)26)7-9(20)5-6-16-14(23)24/h8-11,16-17,20H,5-7H2,1-4H3,(H,18,21)(H,23,24)(H,25,26)/t9-,10-,11-/m0/s1. The lowest BCUT2D eigenvalue weighted by Crippen LogP contribution is -2.56. The Morgan fingerprint density at radius 3 is 2.11 bits per heavy atom. The van der Waals surface area contributed by atoms with Crippen LogP contribution in [0.25, 0.3) is 0 Å². The molecule has 12 nitrogen and oxygen atoms in total. The second-order valence-corrected chi connectivity index (χ2v) is 6.16. The topological polar surface area (TPSA) is 178 Å². The largest absolute Gasteiger partial charge is 0.465 e. The molecule has 4 amide bonds. The molecule has 0 aliphatic rings. The number of hydrogen-bond donors (Lipinski definition) is 6. The molecule has 0 aliphatic carbocycles. The lowest BCUT2D eigenvalue weighted by Gasteiger charge is -2.28. The number of rotatable bonds is 11. The van der Waals surface area contributed by atoms with Gasteiger partial charge in [0, 0.05) is 20.0 Å². The van der Waals surface area contributed by atoms with Crippen molar-refractivity contribution in [1.29, 1.82) is 0 Å². The lowest BCUT2D eigenvalue weighted by molar-refractivity contribution is -0.172. The van der Waals surface area contributed by atoms with E-state index in [9.17, 15) is 24.3 Å². The summed E-state index contributed by atoms with van der Waals surface area (Å²) in [5.74, 6) is -1.63. The minimum Gasteiger partial charge on any atom is -0.465 e. The van der Waals surface area contributed by atoms with Crippen LogP contribution in [0.15, 0.2) is 0 Å². The first-order valence-corrected chi connectivity index (χ1v) is 8.25. The van der Waals surface area contributed by atoms with E-state index in [1.54, 1.807) is 13.8 Å². The molecule has 0 heterocycles. The predicted molar refractivity (Wildman–Crippen MR) is 92.8 cm³/mol. The van der Waals surface area contributed by atoms with E-state index in [1.165, 1.54) is 14.2 Å². The van der Waals surface area contributed by atoms with E-state index < -0.39 is 42.2 Å². The number of aliphatic hydroxyl groups excluding tert-OH is 1. The van der Waals surface area contributed by atoms with E-state index in [4.69, 9.17) is 15.1 Å². The van der Waals surface area contributed by atoms with E-state index in [0.717, 1.165) is 5.06 Å². The molecule has 0 saturated carbocycles. The fourth-order valence-electron chi connectivity index (χ4n) is 2.17. The summed E-state index contributed by atoms with van der Waals surface area (Å²) in [6, 6.07) is -2.30. The van der Waals surface area contributed by atoms with Crippen molar-refractivity contribution >= 4 is 24.0 Å². The predicted octanol–water partition coefficient (Wildman–Crippen LogP) is -0.808. The van der Waals surface area contributed by atoms with Gasteiger partial charge in [0.05, 0.1) is 13.2 Å². The highest BCUT2D eigenvalue weighted by atomic mass is 16.7. The summed E-state index contributed by atoms with van der Waals surface area (Å²) in [4.78, 5) is 50.9. The first kappa shape index (κ1) is 24.4. The van der Waals surface area contributed by atoms with Crippen LogP contribution in [0.5, 0.6) is 0 Å². The van der Waals surface area contributed by atoms with Crippen LogP contribution in [0.3, 0.4) is 0 Å². The molecule has 0 aliphatic heterocycles. The quantitative estimate of drug-likeness (QED) is 0.247. The summed E-state index contributed by atoms with van der Waals surface area (Å²) in [6.45, 7) is 3.32. The van der Waals surface area contributed by atoms with Gasteiger partial charge in [-0.2, -0.15) is 0 Å². The molecule has 0 radical (unpaired) electrons. The smallest absolute Gasteiger partial charge is 0.405 e. The second-order valence-electron chi connectivity index (χ2n) is 6.16. The van der Waals surface area contributed by atoms with Gasteiger partial charge in [0.1, 0.15) is 12.1 Å². The van der Waals surface area contributed by atoms with Crippen molar-refractivity contribution in [3.8, 4) is 0 Å². The maximum absolute atomic E-state index is 12.5. The average molecular weight is 392 g/mol. The summed E-state index contributed by atoms with van der Waals surface area (Å²) >= 11 is 0. The molecule has 156 valence electrons. The molecular weight excluding hydrogens is 364 g/mol. The highest BCUT2D eigenvalue weighted by Gasteiger charge is 2.31. The zero-order valence-electron chi connectivity index (χ0n) is 15.8. The summed E-state index contributed by atoms with van der Waals surface area (Å²) in [6.07, 6.45) is -4.20. The van der Waals surface area contributed by atoms with Gasteiger partial charge in [0.25, 0.3) is 5.91 Å². The number of hydroxylamine groups is 2. The Morgan fingerprint density at radius 2 is 1.67 bits per heavy atom. The fourth-order valence-corrected chi connectivity index (χ4v) is 2.17. The third-order valence-electron chi connectivity index (χ3n) is 3.69. The summed E-state index contributed by atoms with van der Waals surface area (Å²) < 4.78 is 0. The highest BCUT2D eigenvalue weighted by molar-refractivity contribution is 5.91. The average Bonchev–Trinajstić information content (AvgIpc) is 2.56. The van der Waals surface area contributed by atoms with Gasteiger partial charge in [0.2, 0.25) is 5.91 Å². The number of carbonyl (C=O) groups excluding carboxylic acids is 2. The van der Waals surface area contributed by atoms with Crippen molar-refractivity contribution in [2.75, 3.05) is 20.7 Å². The molecule has 0 rings (SSSR count). The van der Waals surface area contributed by atoms with E-state index >= 15 is 0 Å². The third kappa shape index (κ3) is 9.61. The number of amides is 4. The fraction of sp³-hybridized carbons (Fsp3) is 0.733. The Hall–Kier alpha value is -2.60. The Morgan fingerprint density at radius 1 is 1.07 bits per heavy atom. The molecule has 0 aromatic heterocycles. The Labute approximate surface area is 156 Å². The molecule has 0 bridgehead atoms. The zero-order valence-corrected chi connectivity index (χ0v) is 15.8. The van der Waals surface area contributed by atoms with E-state index in [0.29, 0.717) is 0 Å². The first-order valence-electron chi connectivity index (χ1n) is 8.25. The Bertz CT molecular complexity index is 528. The third-order valence-corrected chi connectivity index (χ3v) is 3.69. The zero-order chi connectivity index (χ0) is 21.1. The molecule has 12 heteroatoms. The number of nitrogens with one attached hydrogen (secondary N) is 3. The van der Waals surface area contributed by atoms with Crippen LogP contribution in [0, 0.1) is 5.92 Å². The van der Waals surface area contributed by atoms with Gasteiger partial charge in [-0.3, -0.25) is 14.4 Å². The molecule has 6 N–H and O–H groups in total. The van der Waals surface area contributed by atoms with Crippen LogP contribution in [-0.2, 0) is 14.4 Å².